The van der Waals surface area contributed by atoms with Crippen LogP contribution in [0.1, 0.15) is 28.6 Å². The molecule has 0 saturated carbocycles. The number of amides is 2. The number of nitrogens with one attached hydrogen (secondary N) is 2. The maximum atomic E-state index is 12.7. The summed E-state index contributed by atoms with van der Waals surface area (Å²) in [5, 5.41) is 16.6. The van der Waals surface area contributed by atoms with Crippen molar-refractivity contribution in [3.8, 4) is 11.8 Å². The Morgan fingerprint density at radius 1 is 1.24 bits per heavy atom. The number of halogens is 1. The van der Waals surface area contributed by atoms with Gasteiger partial charge in [-0.1, -0.05) is 0 Å². The number of nitrogens with zero attached hydrogens (tertiary/aromatic N) is 5. The van der Waals surface area contributed by atoms with Crippen LogP contribution in [0.2, 0.25) is 5.28 Å². The number of fused-ring (bicyclic) bond motifs is 5. The van der Waals surface area contributed by atoms with E-state index in [1.54, 1.807) is 4.90 Å². The van der Waals surface area contributed by atoms with Gasteiger partial charge in [0.05, 0.1) is 47.6 Å². The van der Waals surface area contributed by atoms with Crippen LogP contribution in [0, 0.1) is 5.92 Å². The van der Waals surface area contributed by atoms with Crippen molar-refractivity contribution in [3.63, 3.8) is 0 Å². The molecule has 1 saturated heterocycles. The Morgan fingerprint density at radius 2 is 2.11 bits per heavy atom. The van der Waals surface area contributed by atoms with E-state index < -0.39 is 5.92 Å². The molecule has 11 nitrogen and oxygen atoms in total. The van der Waals surface area contributed by atoms with Gasteiger partial charge in [0.25, 0.3) is 5.91 Å². The fraction of sp³-hybridized carbons (Fsp3) is 0.333. The van der Waals surface area contributed by atoms with Crippen molar-refractivity contribution in [3.05, 3.63) is 40.3 Å². The molecular weight excluding hydrogens is 518 g/mol. The summed E-state index contributed by atoms with van der Waals surface area (Å²) in [7, 11) is 0. The molecule has 1 unspecified atom stereocenters. The summed E-state index contributed by atoms with van der Waals surface area (Å²) in [5.41, 5.74) is 2.56. The second-order valence-corrected chi connectivity index (χ2v) is 10.5. The molecule has 13 heteroatoms. The van der Waals surface area contributed by atoms with E-state index in [9.17, 15) is 14.7 Å². The topological polar surface area (TPSA) is 142 Å². The molecule has 3 aromatic heterocycles. The number of aliphatic hydroxyl groups excluding tert-OH is 1. The smallest absolute Gasteiger partial charge is 0.263 e. The quantitative estimate of drug-likeness (QED) is 0.326. The van der Waals surface area contributed by atoms with Gasteiger partial charge in [-0.05, 0) is 37.1 Å². The predicted molar refractivity (Wildman–Crippen MR) is 138 cm³/mol. The number of hydrogen-bond donors (Lipinski definition) is 3. The molecule has 1 fully saturated rings. The van der Waals surface area contributed by atoms with Crippen molar-refractivity contribution >= 4 is 61.6 Å². The third-order valence-electron chi connectivity index (χ3n) is 6.50. The van der Waals surface area contributed by atoms with Crippen molar-refractivity contribution in [1.29, 1.82) is 0 Å². The van der Waals surface area contributed by atoms with E-state index in [2.05, 4.69) is 30.6 Å². The first-order chi connectivity index (χ1) is 17.9. The molecule has 3 N–H and O–H groups in total. The van der Waals surface area contributed by atoms with E-state index in [0.29, 0.717) is 41.0 Å². The first-order valence-electron chi connectivity index (χ1n) is 11.8. The fourth-order valence-corrected chi connectivity index (χ4v) is 5.84. The Hall–Kier alpha value is -3.61. The van der Waals surface area contributed by atoms with Crippen LogP contribution in [0.25, 0.3) is 21.1 Å². The number of hydrogen-bond acceptors (Lipinski definition) is 10. The molecule has 2 amide bonds. The number of ether oxygens (including phenoxy) is 1. The van der Waals surface area contributed by atoms with Crippen LogP contribution in [0.15, 0.2) is 24.5 Å². The molecule has 2 aliphatic heterocycles. The third-order valence-corrected chi connectivity index (χ3v) is 7.83. The van der Waals surface area contributed by atoms with Crippen molar-refractivity contribution in [2.45, 2.75) is 25.9 Å². The van der Waals surface area contributed by atoms with Crippen molar-refractivity contribution in [2.24, 2.45) is 5.92 Å². The van der Waals surface area contributed by atoms with Crippen molar-refractivity contribution < 1.29 is 19.4 Å². The Kier molecular flexibility index (Phi) is 6.01. The van der Waals surface area contributed by atoms with Gasteiger partial charge in [-0.25, -0.2) is 15.0 Å². The Morgan fingerprint density at radius 3 is 2.92 bits per heavy atom. The largest absolute Gasteiger partial charge is 0.418 e. The van der Waals surface area contributed by atoms with Gasteiger partial charge < -0.3 is 25.4 Å². The SMILES string of the molecule is C[C@@H]1CNc2c(sc3ccc4nc(Oc5nc(Cl)ncc5CN5CCC(CO)C5=O)cnc4c23)C(=O)N1. The molecule has 6 rings (SSSR count). The lowest BCUT2D eigenvalue weighted by molar-refractivity contribution is -0.132. The first kappa shape index (κ1) is 23.8. The molecule has 1 aromatic carbocycles. The normalized spacial score (nSPS) is 19.6. The van der Waals surface area contributed by atoms with Gasteiger partial charge in [-0.3, -0.25) is 9.59 Å². The molecule has 190 valence electrons. The predicted octanol–water partition coefficient (Wildman–Crippen LogP) is 2.96. The Balaban J connectivity index is 1.34. The average Bonchev–Trinajstić information content (AvgIpc) is 3.40. The van der Waals surface area contributed by atoms with Crippen molar-refractivity contribution in [2.75, 3.05) is 25.0 Å². The van der Waals surface area contributed by atoms with Gasteiger partial charge >= 0.3 is 0 Å². The number of aliphatic hydroxyl groups is 1. The number of benzene rings is 1. The van der Waals surface area contributed by atoms with Crippen LogP contribution in [0.4, 0.5) is 5.69 Å². The molecule has 0 radical (unpaired) electrons. The lowest BCUT2D eigenvalue weighted by atomic mass is 10.1. The summed E-state index contributed by atoms with van der Waals surface area (Å²) in [5.74, 6) is -0.248. The highest BCUT2D eigenvalue weighted by Crippen LogP contribution is 2.40. The standard InChI is InChI=1S/C24H22ClN7O4S/c1-11-6-26-19-17-15(37-20(19)21(34)29-11)3-2-14-18(17)27-8-16(30-14)36-22-13(7-28-24(25)31-22)9-32-5-4-12(10-33)23(32)35/h2-3,7-8,11-12,26,33H,4-6,9-10H2,1H3,(H,29,34)/t11-,12?/m1/s1. The molecule has 37 heavy (non-hydrogen) atoms. The summed E-state index contributed by atoms with van der Waals surface area (Å²) >= 11 is 7.45. The molecule has 4 aromatic rings. The Bertz CT molecular complexity index is 1560. The maximum Gasteiger partial charge on any atom is 0.263 e. The highest BCUT2D eigenvalue weighted by atomic mass is 35.5. The molecule has 5 heterocycles. The summed E-state index contributed by atoms with van der Waals surface area (Å²) in [6, 6.07) is 3.75. The second kappa shape index (κ2) is 9.36. The lowest BCUT2D eigenvalue weighted by Gasteiger charge is -2.18. The van der Waals surface area contributed by atoms with Crippen LogP contribution in [0.5, 0.6) is 11.8 Å². The number of likely N-dealkylation sites (tertiary alicyclic amines) is 1. The van der Waals surface area contributed by atoms with E-state index >= 15 is 0 Å². The zero-order chi connectivity index (χ0) is 25.7. The summed E-state index contributed by atoms with van der Waals surface area (Å²) in [6.07, 6.45) is 3.60. The summed E-state index contributed by atoms with van der Waals surface area (Å²) < 4.78 is 6.91. The highest BCUT2D eigenvalue weighted by Gasteiger charge is 2.32. The first-order valence-corrected chi connectivity index (χ1v) is 13.0. The van der Waals surface area contributed by atoms with Crippen molar-refractivity contribution in [1.82, 2.24) is 30.2 Å². The molecular formula is C24H22ClN7O4S. The minimum atomic E-state index is -0.392. The van der Waals surface area contributed by atoms with Gasteiger partial charge in [-0.15, -0.1) is 11.3 Å². The lowest BCUT2D eigenvalue weighted by Crippen LogP contribution is -2.34. The Labute approximate surface area is 219 Å². The second-order valence-electron chi connectivity index (χ2n) is 9.08. The van der Waals surface area contributed by atoms with Crippen LogP contribution >= 0.6 is 22.9 Å². The molecule has 0 aliphatic carbocycles. The summed E-state index contributed by atoms with van der Waals surface area (Å²) in [4.78, 5) is 44.9. The van der Waals surface area contributed by atoms with E-state index in [0.717, 1.165) is 15.8 Å². The molecule has 0 bridgehead atoms. The zero-order valence-corrected chi connectivity index (χ0v) is 21.3. The van der Waals surface area contributed by atoms with E-state index in [4.69, 9.17) is 16.3 Å². The summed E-state index contributed by atoms with van der Waals surface area (Å²) in [6.45, 7) is 3.11. The zero-order valence-electron chi connectivity index (χ0n) is 19.7. The monoisotopic (exact) mass is 539 g/mol. The van der Waals surface area contributed by atoms with Crippen LogP contribution in [-0.2, 0) is 11.3 Å². The number of anilines is 1. The van der Waals surface area contributed by atoms with Crippen LogP contribution in [0.3, 0.4) is 0 Å². The highest BCUT2D eigenvalue weighted by molar-refractivity contribution is 7.21. The van der Waals surface area contributed by atoms with Crippen LogP contribution in [-0.4, -0.2) is 67.5 Å². The third kappa shape index (κ3) is 4.30. The van der Waals surface area contributed by atoms with E-state index in [-0.39, 0.29) is 48.1 Å². The van der Waals surface area contributed by atoms with Crippen LogP contribution < -0.4 is 15.4 Å². The molecule has 2 aliphatic rings. The van der Waals surface area contributed by atoms with Gasteiger partial charge in [-0.2, -0.15) is 4.98 Å². The van der Waals surface area contributed by atoms with Gasteiger partial charge in [0.1, 0.15) is 4.88 Å². The molecule has 0 spiro atoms. The van der Waals surface area contributed by atoms with Gasteiger partial charge in [0.2, 0.25) is 23.0 Å². The average molecular weight is 540 g/mol. The number of aromatic nitrogens is 4. The maximum absolute atomic E-state index is 12.7. The van der Waals surface area contributed by atoms with Gasteiger partial charge in [0, 0.05) is 35.4 Å². The van der Waals surface area contributed by atoms with Gasteiger partial charge in [0.15, 0.2) is 0 Å². The number of thiophene rings is 1. The number of carbonyl (C=O) groups is 2. The minimum Gasteiger partial charge on any atom is -0.418 e. The van der Waals surface area contributed by atoms with E-state index in [1.165, 1.54) is 23.7 Å². The minimum absolute atomic E-state index is 0.00229. The molecule has 2 atom stereocenters. The number of carbonyl (C=O) groups excluding carboxylic acids is 2. The van der Waals surface area contributed by atoms with E-state index in [1.807, 2.05) is 19.1 Å². The number of rotatable bonds is 5. The fourth-order valence-electron chi connectivity index (χ4n) is 4.63.